The molecule has 0 fully saturated rings. The molecule has 0 saturated carbocycles. The van der Waals surface area contributed by atoms with E-state index in [0.717, 1.165) is 0 Å². The van der Waals surface area contributed by atoms with Crippen molar-refractivity contribution >= 4 is 11.6 Å². The molecule has 0 aromatic heterocycles. The van der Waals surface area contributed by atoms with Crippen LogP contribution in [0, 0.1) is 0 Å². The SMILES string of the molecule is CC1(C)C=CC2=C(O1)C(=O)c1cccc(O)c1C2=O. The van der Waals surface area contributed by atoms with Gasteiger partial charge in [-0.2, -0.15) is 0 Å². The summed E-state index contributed by atoms with van der Waals surface area (Å²) in [4.78, 5) is 24.7. The molecule has 4 heteroatoms. The lowest BCUT2D eigenvalue weighted by Gasteiger charge is -2.31. The summed E-state index contributed by atoms with van der Waals surface area (Å²) in [5.74, 6) is -0.858. The molecule has 0 bridgehead atoms. The summed E-state index contributed by atoms with van der Waals surface area (Å²) < 4.78 is 5.60. The first kappa shape index (κ1) is 11.7. The summed E-state index contributed by atoms with van der Waals surface area (Å²) in [6.45, 7) is 3.62. The Morgan fingerprint density at radius 1 is 1.16 bits per heavy atom. The second-order valence-corrected chi connectivity index (χ2v) is 5.14. The molecular formula is C15H12O4. The fourth-order valence-electron chi connectivity index (χ4n) is 2.28. The molecule has 0 saturated heterocycles. The lowest BCUT2D eigenvalue weighted by atomic mass is 9.85. The molecular weight excluding hydrogens is 244 g/mol. The fourth-order valence-corrected chi connectivity index (χ4v) is 2.28. The molecule has 0 radical (unpaired) electrons. The van der Waals surface area contributed by atoms with E-state index in [4.69, 9.17) is 4.74 Å². The highest BCUT2D eigenvalue weighted by Gasteiger charge is 2.38. The third-order valence-electron chi connectivity index (χ3n) is 3.23. The van der Waals surface area contributed by atoms with Crippen LogP contribution >= 0.6 is 0 Å². The van der Waals surface area contributed by atoms with Crippen molar-refractivity contribution in [2.24, 2.45) is 0 Å². The minimum absolute atomic E-state index is 0.0548. The molecule has 4 nitrogen and oxygen atoms in total. The minimum Gasteiger partial charge on any atom is -0.507 e. The predicted octanol–water partition coefficient (Wildman–Crippen LogP) is 2.39. The van der Waals surface area contributed by atoms with Crippen molar-refractivity contribution in [3.8, 4) is 5.75 Å². The molecule has 1 heterocycles. The Bertz CT molecular complexity index is 677. The van der Waals surface area contributed by atoms with E-state index in [1.807, 2.05) is 13.8 Å². The van der Waals surface area contributed by atoms with Crippen LogP contribution in [0.15, 0.2) is 41.7 Å². The molecule has 0 atom stereocenters. The molecule has 19 heavy (non-hydrogen) atoms. The maximum atomic E-state index is 12.4. The Labute approximate surface area is 110 Å². The number of hydrogen-bond donors (Lipinski definition) is 1. The van der Waals surface area contributed by atoms with Crippen molar-refractivity contribution in [1.29, 1.82) is 0 Å². The monoisotopic (exact) mass is 256 g/mol. The normalized spacial score (nSPS) is 19.9. The molecule has 0 amide bonds. The van der Waals surface area contributed by atoms with Gasteiger partial charge in [-0.05, 0) is 38.1 Å². The van der Waals surface area contributed by atoms with Crippen molar-refractivity contribution in [1.82, 2.24) is 0 Å². The Morgan fingerprint density at radius 2 is 1.89 bits per heavy atom. The number of phenols is 1. The number of fused-ring (bicyclic) bond motifs is 1. The van der Waals surface area contributed by atoms with Crippen molar-refractivity contribution in [2.75, 3.05) is 0 Å². The Hall–Kier alpha value is -2.36. The second kappa shape index (κ2) is 3.57. The van der Waals surface area contributed by atoms with E-state index in [1.54, 1.807) is 12.2 Å². The number of rotatable bonds is 0. The van der Waals surface area contributed by atoms with Crippen molar-refractivity contribution in [3.63, 3.8) is 0 Å². The summed E-state index contributed by atoms with van der Waals surface area (Å²) in [5, 5.41) is 9.78. The van der Waals surface area contributed by atoms with Crippen LogP contribution < -0.4 is 0 Å². The number of Topliss-reactive ketones (excluding diaryl/α,β-unsaturated/α-hetero) is 2. The van der Waals surface area contributed by atoms with Gasteiger partial charge >= 0.3 is 0 Å². The summed E-state index contributed by atoms with van der Waals surface area (Å²) >= 11 is 0. The Morgan fingerprint density at radius 3 is 2.63 bits per heavy atom. The van der Waals surface area contributed by atoms with E-state index in [-0.39, 0.29) is 39.8 Å². The zero-order valence-corrected chi connectivity index (χ0v) is 10.6. The summed E-state index contributed by atoms with van der Waals surface area (Å²) in [6, 6.07) is 4.45. The van der Waals surface area contributed by atoms with E-state index in [1.165, 1.54) is 18.2 Å². The molecule has 0 unspecified atom stereocenters. The van der Waals surface area contributed by atoms with Gasteiger partial charge in [0.1, 0.15) is 11.4 Å². The van der Waals surface area contributed by atoms with E-state index in [9.17, 15) is 14.7 Å². The standard InChI is InChI=1S/C15H12O4/c1-15(2)7-6-9-12(17)11-8(4-3-5-10(11)16)13(18)14(9)19-15/h3-7,16H,1-2H3. The smallest absolute Gasteiger partial charge is 0.229 e. The van der Waals surface area contributed by atoms with Gasteiger partial charge in [-0.15, -0.1) is 0 Å². The van der Waals surface area contributed by atoms with Gasteiger partial charge in [0.05, 0.1) is 11.1 Å². The van der Waals surface area contributed by atoms with Crippen LogP contribution in [0.2, 0.25) is 0 Å². The molecule has 1 N–H and O–H groups in total. The number of ketones is 2. The minimum atomic E-state index is -0.622. The number of allylic oxidation sites excluding steroid dienone is 3. The number of carbonyl (C=O) groups is 2. The van der Waals surface area contributed by atoms with Crippen molar-refractivity contribution in [3.05, 3.63) is 52.8 Å². The average molecular weight is 256 g/mol. The van der Waals surface area contributed by atoms with Gasteiger partial charge < -0.3 is 9.84 Å². The van der Waals surface area contributed by atoms with E-state index in [0.29, 0.717) is 0 Å². The highest BCUT2D eigenvalue weighted by Crippen LogP contribution is 2.37. The number of aromatic hydroxyl groups is 1. The lowest BCUT2D eigenvalue weighted by molar-refractivity contribution is 0.0543. The number of ether oxygens (including phenoxy) is 1. The molecule has 96 valence electrons. The molecule has 2 aliphatic rings. The zero-order chi connectivity index (χ0) is 13.8. The highest BCUT2D eigenvalue weighted by atomic mass is 16.5. The Kier molecular flexibility index (Phi) is 2.20. The van der Waals surface area contributed by atoms with E-state index in [2.05, 4.69) is 0 Å². The van der Waals surface area contributed by atoms with Gasteiger partial charge in [0, 0.05) is 5.56 Å². The van der Waals surface area contributed by atoms with E-state index < -0.39 is 5.60 Å². The third kappa shape index (κ3) is 1.60. The number of phenolic OH excluding ortho intramolecular Hbond substituents is 1. The van der Waals surface area contributed by atoms with Crippen LogP contribution in [0.25, 0.3) is 0 Å². The molecule has 0 spiro atoms. The van der Waals surface area contributed by atoms with Crippen LogP contribution in [0.3, 0.4) is 0 Å². The molecule has 1 aliphatic heterocycles. The fraction of sp³-hybridized carbons (Fsp3) is 0.200. The molecule has 1 aromatic rings. The van der Waals surface area contributed by atoms with Crippen molar-refractivity contribution < 1.29 is 19.4 Å². The number of carbonyl (C=O) groups excluding carboxylic acids is 2. The van der Waals surface area contributed by atoms with Gasteiger partial charge in [-0.3, -0.25) is 9.59 Å². The lowest BCUT2D eigenvalue weighted by Crippen LogP contribution is -2.32. The van der Waals surface area contributed by atoms with Crippen LogP contribution in [-0.4, -0.2) is 22.3 Å². The largest absolute Gasteiger partial charge is 0.507 e. The third-order valence-corrected chi connectivity index (χ3v) is 3.23. The number of hydrogen-bond acceptors (Lipinski definition) is 4. The van der Waals surface area contributed by atoms with E-state index >= 15 is 0 Å². The topological polar surface area (TPSA) is 63.6 Å². The van der Waals surface area contributed by atoms with Gasteiger partial charge in [0.25, 0.3) is 0 Å². The zero-order valence-electron chi connectivity index (χ0n) is 10.6. The predicted molar refractivity (Wildman–Crippen MR) is 68.1 cm³/mol. The molecule has 1 aromatic carbocycles. The summed E-state index contributed by atoms with van der Waals surface area (Å²) in [5.41, 5.74) is -0.171. The molecule has 1 aliphatic carbocycles. The quantitative estimate of drug-likeness (QED) is 0.774. The maximum Gasteiger partial charge on any atom is 0.229 e. The summed E-state index contributed by atoms with van der Waals surface area (Å²) in [7, 11) is 0. The van der Waals surface area contributed by atoms with Gasteiger partial charge in [-0.1, -0.05) is 6.07 Å². The average Bonchev–Trinajstić information content (AvgIpc) is 2.34. The number of benzene rings is 1. The van der Waals surface area contributed by atoms with Crippen LogP contribution in [-0.2, 0) is 4.74 Å². The first-order valence-electron chi connectivity index (χ1n) is 5.94. The van der Waals surface area contributed by atoms with Crippen LogP contribution in [0.1, 0.15) is 34.6 Å². The molecule has 3 rings (SSSR count). The highest BCUT2D eigenvalue weighted by molar-refractivity contribution is 6.28. The van der Waals surface area contributed by atoms with Crippen LogP contribution in [0.5, 0.6) is 5.75 Å². The first-order valence-corrected chi connectivity index (χ1v) is 5.94. The first-order chi connectivity index (χ1) is 8.91. The maximum absolute atomic E-state index is 12.4. The summed E-state index contributed by atoms with van der Waals surface area (Å²) in [6.07, 6.45) is 3.32. The van der Waals surface area contributed by atoms with Crippen LogP contribution in [0.4, 0.5) is 0 Å². The van der Waals surface area contributed by atoms with Gasteiger partial charge in [0.15, 0.2) is 5.76 Å². The van der Waals surface area contributed by atoms with Gasteiger partial charge in [0.2, 0.25) is 11.6 Å². The Balaban J connectivity index is 2.23. The van der Waals surface area contributed by atoms with Gasteiger partial charge in [-0.25, -0.2) is 0 Å². The van der Waals surface area contributed by atoms with Crippen molar-refractivity contribution in [2.45, 2.75) is 19.4 Å². The second-order valence-electron chi connectivity index (χ2n) is 5.14.